The van der Waals surface area contributed by atoms with Crippen LogP contribution in [0.15, 0.2) is 72.8 Å². The average molecular weight is 403 g/mol. The van der Waals surface area contributed by atoms with Crippen LogP contribution in [0.3, 0.4) is 0 Å². The minimum Gasteiger partial charge on any atom is -0.495 e. The Labute approximate surface area is 176 Å². The Balaban J connectivity index is 1.80. The molecule has 1 amide bonds. The van der Waals surface area contributed by atoms with Crippen molar-refractivity contribution >= 4 is 17.6 Å². The van der Waals surface area contributed by atoms with E-state index in [9.17, 15) is 9.59 Å². The molecule has 3 rings (SSSR count). The summed E-state index contributed by atoms with van der Waals surface area (Å²) in [5.41, 5.74) is 4.04. The maximum atomic E-state index is 13.1. The van der Waals surface area contributed by atoms with Crippen molar-refractivity contribution < 1.29 is 19.1 Å². The van der Waals surface area contributed by atoms with E-state index in [0.29, 0.717) is 17.0 Å². The summed E-state index contributed by atoms with van der Waals surface area (Å²) in [4.78, 5) is 25.7. The van der Waals surface area contributed by atoms with E-state index in [1.807, 2.05) is 56.3 Å². The van der Waals surface area contributed by atoms with Crippen LogP contribution in [0, 0.1) is 13.8 Å². The molecule has 0 aliphatic rings. The second-order valence-electron chi connectivity index (χ2n) is 7.14. The second-order valence-corrected chi connectivity index (χ2v) is 7.14. The number of carbonyl (C=O) groups is 2. The predicted octanol–water partition coefficient (Wildman–Crippen LogP) is 4.78. The molecule has 154 valence electrons. The van der Waals surface area contributed by atoms with Gasteiger partial charge in [0.05, 0.1) is 19.2 Å². The molecule has 0 aliphatic carbocycles. The smallest absolute Gasteiger partial charge is 0.311 e. The topological polar surface area (TPSA) is 64.6 Å². The highest BCUT2D eigenvalue weighted by Gasteiger charge is 2.26. The third-order valence-electron chi connectivity index (χ3n) is 4.67. The first-order valence-electron chi connectivity index (χ1n) is 9.71. The summed E-state index contributed by atoms with van der Waals surface area (Å²) in [5, 5.41) is 2.84. The van der Waals surface area contributed by atoms with Crippen LogP contribution in [-0.4, -0.2) is 19.0 Å². The molecule has 0 aliphatic heterocycles. The van der Waals surface area contributed by atoms with Gasteiger partial charge >= 0.3 is 5.97 Å². The standard InChI is InChI=1S/C25H25NO4/c1-17-9-12-19(13-10-17)16-23(27)30-24(20-7-5-4-6-8-20)25(28)26-21-15-18(2)11-14-22(21)29-3/h4-15,24H,16H2,1-3H3,(H,26,28)/t24-/m0/s1. The van der Waals surface area contributed by atoms with Gasteiger partial charge in [-0.3, -0.25) is 9.59 Å². The number of rotatable bonds is 7. The number of anilines is 1. The Morgan fingerprint density at radius 1 is 0.900 bits per heavy atom. The minimum absolute atomic E-state index is 0.0880. The van der Waals surface area contributed by atoms with E-state index < -0.39 is 18.0 Å². The lowest BCUT2D eigenvalue weighted by Crippen LogP contribution is -2.26. The van der Waals surface area contributed by atoms with Gasteiger partial charge in [-0.25, -0.2) is 0 Å². The van der Waals surface area contributed by atoms with E-state index in [-0.39, 0.29) is 6.42 Å². The summed E-state index contributed by atoms with van der Waals surface area (Å²) in [6.45, 7) is 3.91. The highest BCUT2D eigenvalue weighted by atomic mass is 16.5. The Bertz CT molecular complexity index is 1010. The molecule has 0 radical (unpaired) electrons. The van der Waals surface area contributed by atoms with Gasteiger partial charge in [0, 0.05) is 5.56 Å². The van der Waals surface area contributed by atoms with Gasteiger partial charge in [0.1, 0.15) is 5.75 Å². The van der Waals surface area contributed by atoms with E-state index in [0.717, 1.165) is 16.7 Å². The monoisotopic (exact) mass is 403 g/mol. The zero-order valence-electron chi connectivity index (χ0n) is 17.3. The fourth-order valence-corrected chi connectivity index (χ4v) is 3.06. The molecule has 0 saturated heterocycles. The first-order chi connectivity index (χ1) is 14.5. The quantitative estimate of drug-likeness (QED) is 0.577. The number of benzene rings is 3. The summed E-state index contributed by atoms with van der Waals surface area (Å²) < 4.78 is 11.0. The normalized spacial score (nSPS) is 11.4. The average Bonchev–Trinajstić information content (AvgIpc) is 2.74. The molecule has 5 heteroatoms. The van der Waals surface area contributed by atoms with E-state index in [2.05, 4.69) is 5.32 Å². The van der Waals surface area contributed by atoms with Crippen LogP contribution in [0.25, 0.3) is 0 Å². The number of ether oxygens (including phenoxy) is 2. The number of esters is 1. The molecule has 3 aromatic carbocycles. The van der Waals surface area contributed by atoms with Crippen LogP contribution in [0.5, 0.6) is 5.75 Å². The molecule has 0 fully saturated rings. The summed E-state index contributed by atoms with van der Waals surface area (Å²) in [7, 11) is 1.54. The van der Waals surface area contributed by atoms with Crippen molar-refractivity contribution in [2.24, 2.45) is 0 Å². The van der Waals surface area contributed by atoms with Crippen molar-refractivity contribution in [1.29, 1.82) is 0 Å². The van der Waals surface area contributed by atoms with Crippen LogP contribution >= 0.6 is 0 Å². The molecule has 5 nitrogen and oxygen atoms in total. The minimum atomic E-state index is -1.07. The van der Waals surface area contributed by atoms with Gasteiger partial charge in [0.25, 0.3) is 5.91 Å². The van der Waals surface area contributed by atoms with Crippen molar-refractivity contribution in [2.75, 3.05) is 12.4 Å². The molecule has 0 aromatic heterocycles. The fraction of sp³-hybridized carbons (Fsp3) is 0.200. The first kappa shape index (κ1) is 21.1. The van der Waals surface area contributed by atoms with E-state index in [1.165, 1.54) is 7.11 Å². The molecule has 0 heterocycles. The van der Waals surface area contributed by atoms with E-state index >= 15 is 0 Å². The molecule has 30 heavy (non-hydrogen) atoms. The summed E-state index contributed by atoms with van der Waals surface area (Å²) in [6, 6.07) is 22.1. The number of hydrogen-bond donors (Lipinski definition) is 1. The molecule has 0 unspecified atom stereocenters. The highest BCUT2D eigenvalue weighted by molar-refractivity contribution is 5.97. The Morgan fingerprint density at radius 2 is 1.57 bits per heavy atom. The Kier molecular flexibility index (Phi) is 6.86. The van der Waals surface area contributed by atoms with E-state index in [4.69, 9.17) is 9.47 Å². The highest BCUT2D eigenvalue weighted by Crippen LogP contribution is 2.28. The number of nitrogens with one attached hydrogen (secondary N) is 1. The molecule has 1 N–H and O–H groups in total. The maximum absolute atomic E-state index is 13.1. The van der Waals surface area contributed by atoms with Gasteiger partial charge in [0.2, 0.25) is 6.10 Å². The zero-order chi connectivity index (χ0) is 21.5. The van der Waals surface area contributed by atoms with Crippen molar-refractivity contribution in [3.8, 4) is 5.75 Å². The number of methoxy groups -OCH3 is 1. The maximum Gasteiger partial charge on any atom is 0.311 e. The van der Waals surface area contributed by atoms with Gasteiger partial charge in [0.15, 0.2) is 0 Å². The molecule has 0 bridgehead atoms. The van der Waals surface area contributed by atoms with Gasteiger partial charge in [-0.15, -0.1) is 0 Å². The molecule has 0 spiro atoms. The number of hydrogen-bond acceptors (Lipinski definition) is 4. The summed E-state index contributed by atoms with van der Waals surface area (Å²) in [5.74, 6) is -0.381. The van der Waals surface area contributed by atoms with Gasteiger partial charge in [-0.2, -0.15) is 0 Å². The zero-order valence-corrected chi connectivity index (χ0v) is 17.3. The van der Waals surface area contributed by atoms with Crippen molar-refractivity contribution in [2.45, 2.75) is 26.4 Å². The van der Waals surface area contributed by atoms with Crippen molar-refractivity contribution in [3.05, 3.63) is 95.1 Å². The lowest BCUT2D eigenvalue weighted by molar-refractivity contribution is -0.154. The van der Waals surface area contributed by atoms with Gasteiger partial charge < -0.3 is 14.8 Å². The molecular formula is C25H25NO4. The van der Waals surface area contributed by atoms with Crippen molar-refractivity contribution in [1.82, 2.24) is 0 Å². The van der Waals surface area contributed by atoms with Crippen molar-refractivity contribution in [3.63, 3.8) is 0 Å². The van der Waals surface area contributed by atoms with Crippen LogP contribution in [0.2, 0.25) is 0 Å². The van der Waals surface area contributed by atoms with Crippen LogP contribution in [0.1, 0.15) is 28.4 Å². The summed E-state index contributed by atoms with van der Waals surface area (Å²) in [6.07, 6.45) is -0.987. The van der Waals surface area contributed by atoms with Gasteiger partial charge in [-0.1, -0.05) is 66.2 Å². The largest absolute Gasteiger partial charge is 0.495 e. The SMILES string of the molecule is COc1ccc(C)cc1NC(=O)[C@@H](OC(=O)Cc1ccc(C)cc1)c1ccccc1. The third kappa shape index (κ3) is 5.47. The lowest BCUT2D eigenvalue weighted by Gasteiger charge is -2.19. The number of aryl methyl sites for hydroxylation is 2. The molecule has 0 saturated carbocycles. The third-order valence-corrected chi connectivity index (χ3v) is 4.67. The summed E-state index contributed by atoms with van der Waals surface area (Å²) >= 11 is 0. The van der Waals surface area contributed by atoms with Crippen LogP contribution < -0.4 is 10.1 Å². The molecule has 1 atom stereocenters. The number of carbonyl (C=O) groups excluding carboxylic acids is 2. The van der Waals surface area contributed by atoms with Crippen LogP contribution in [-0.2, 0) is 20.7 Å². The molecule has 3 aromatic rings. The fourth-order valence-electron chi connectivity index (χ4n) is 3.06. The second kappa shape index (κ2) is 9.74. The number of amides is 1. The van der Waals surface area contributed by atoms with E-state index in [1.54, 1.807) is 30.3 Å². The lowest BCUT2D eigenvalue weighted by atomic mass is 10.1. The van der Waals surface area contributed by atoms with Gasteiger partial charge in [-0.05, 0) is 37.1 Å². The molecular weight excluding hydrogens is 378 g/mol. The van der Waals surface area contributed by atoms with Crippen LogP contribution in [0.4, 0.5) is 5.69 Å². The Morgan fingerprint density at radius 3 is 2.23 bits per heavy atom. The predicted molar refractivity (Wildman–Crippen MR) is 117 cm³/mol. The first-order valence-corrected chi connectivity index (χ1v) is 9.71. The Hall–Kier alpha value is -3.60.